The first kappa shape index (κ1) is 11.5. The molecule has 0 atom stereocenters. The van der Waals surface area contributed by atoms with Crippen LogP contribution in [0.2, 0.25) is 0 Å². The molecule has 1 heterocycles. The zero-order chi connectivity index (χ0) is 13.0. The van der Waals surface area contributed by atoms with Crippen molar-refractivity contribution in [2.24, 2.45) is 0 Å². The Morgan fingerprint density at radius 2 is 2.11 bits per heavy atom. The van der Waals surface area contributed by atoms with Crippen LogP contribution in [0.3, 0.4) is 0 Å². The van der Waals surface area contributed by atoms with Gasteiger partial charge in [0, 0.05) is 12.1 Å². The predicted molar refractivity (Wildman–Crippen MR) is 61.4 cm³/mol. The molecule has 1 aromatic carbocycles. The Balaban J connectivity index is 2.01. The number of hydrogen-bond donors (Lipinski definition) is 2. The second-order valence-corrected chi connectivity index (χ2v) is 5.93. The molecule has 7 heteroatoms. The summed E-state index contributed by atoms with van der Waals surface area (Å²) in [6.07, 6.45) is 1.24. The zero-order valence-electron chi connectivity index (χ0n) is 9.34. The maximum absolute atomic E-state index is 11.2. The summed E-state index contributed by atoms with van der Waals surface area (Å²) in [4.78, 5) is 11.2. The van der Waals surface area contributed by atoms with Gasteiger partial charge in [-0.15, -0.1) is 0 Å². The molecule has 1 aromatic rings. The molecule has 2 N–H and O–H groups in total. The Morgan fingerprint density at radius 3 is 2.72 bits per heavy atom. The molecule has 1 fully saturated rings. The fourth-order valence-electron chi connectivity index (χ4n) is 2.16. The summed E-state index contributed by atoms with van der Waals surface area (Å²) in [7, 11) is -3.71. The van der Waals surface area contributed by atoms with Gasteiger partial charge in [-0.1, -0.05) is 6.07 Å². The number of rotatable bonds is 2. The molecular formula is C11H11NO5S. The molecule has 0 aromatic heterocycles. The van der Waals surface area contributed by atoms with Gasteiger partial charge in [0.05, 0.1) is 5.41 Å². The van der Waals surface area contributed by atoms with E-state index >= 15 is 0 Å². The molecule has 96 valence electrons. The van der Waals surface area contributed by atoms with E-state index in [0.29, 0.717) is 24.0 Å². The Labute approximate surface area is 104 Å². The zero-order valence-corrected chi connectivity index (χ0v) is 10.2. The van der Waals surface area contributed by atoms with E-state index in [4.69, 9.17) is 4.18 Å². The smallest absolute Gasteiger partial charge is 0.382 e. The topological polar surface area (TPSA) is 92.7 Å². The lowest BCUT2D eigenvalue weighted by Gasteiger charge is -2.20. The van der Waals surface area contributed by atoms with Crippen molar-refractivity contribution < 1.29 is 22.5 Å². The second kappa shape index (κ2) is 3.46. The number of carboxylic acid groups (broad SMARTS) is 1. The Hall–Kier alpha value is -1.60. The van der Waals surface area contributed by atoms with E-state index in [1.54, 1.807) is 12.1 Å². The van der Waals surface area contributed by atoms with Crippen LogP contribution in [-0.2, 0) is 27.1 Å². The molecule has 1 aliphatic carbocycles. The summed E-state index contributed by atoms with van der Waals surface area (Å²) >= 11 is 0. The first-order valence-corrected chi connectivity index (χ1v) is 6.90. The summed E-state index contributed by atoms with van der Waals surface area (Å²) in [6, 6.07) is 4.85. The van der Waals surface area contributed by atoms with Gasteiger partial charge in [-0.2, -0.15) is 13.1 Å². The fraction of sp³-hybridized carbons (Fsp3) is 0.364. The van der Waals surface area contributed by atoms with Gasteiger partial charge in [-0.25, -0.2) is 0 Å². The lowest BCUT2D eigenvalue weighted by Crippen LogP contribution is -2.32. The molecule has 1 saturated carbocycles. The highest BCUT2D eigenvalue weighted by atomic mass is 32.2. The van der Waals surface area contributed by atoms with Crippen molar-refractivity contribution in [2.45, 2.75) is 24.8 Å². The van der Waals surface area contributed by atoms with Gasteiger partial charge in [0.1, 0.15) is 5.75 Å². The minimum atomic E-state index is -3.71. The summed E-state index contributed by atoms with van der Waals surface area (Å²) in [5, 5.41) is 9.20. The average molecular weight is 269 g/mol. The van der Waals surface area contributed by atoms with E-state index < -0.39 is 21.7 Å². The van der Waals surface area contributed by atoms with Crippen molar-refractivity contribution in [1.82, 2.24) is 4.72 Å². The van der Waals surface area contributed by atoms with Gasteiger partial charge >= 0.3 is 16.3 Å². The van der Waals surface area contributed by atoms with Crippen molar-refractivity contribution in [3.05, 3.63) is 29.3 Å². The quantitative estimate of drug-likeness (QED) is 0.817. The highest BCUT2D eigenvalue weighted by molar-refractivity contribution is 7.85. The van der Waals surface area contributed by atoms with Crippen molar-refractivity contribution >= 4 is 16.3 Å². The van der Waals surface area contributed by atoms with Gasteiger partial charge in [-0.05, 0) is 30.5 Å². The number of fused-ring (bicyclic) bond motifs is 1. The molecule has 2 aliphatic rings. The molecule has 18 heavy (non-hydrogen) atoms. The summed E-state index contributed by atoms with van der Waals surface area (Å²) in [5.74, 6) is -0.571. The van der Waals surface area contributed by atoms with Crippen LogP contribution in [0.1, 0.15) is 24.0 Å². The molecule has 1 aliphatic heterocycles. The molecule has 0 amide bonds. The molecule has 0 saturated heterocycles. The Morgan fingerprint density at radius 1 is 1.39 bits per heavy atom. The highest BCUT2D eigenvalue weighted by Crippen LogP contribution is 2.49. The van der Waals surface area contributed by atoms with Crippen LogP contribution < -0.4 is 8.91 Å². The Kier molecular flexibility index (Phi) is 2.21. The van der Waals surface area contributed by atoms with Crippen LogP contribution in [-0.4, -0.2) is 19.5 Å². The second-order valence-electron chi connectivity index (χ2n) is 4.57. The maximum Gasteiger partial charge on any atom is 0.382 e. The van der Waals surface area contributed by atoms with E-state index in [9.17, 15) is 18.3 Å². The molecule has 3 rings (SSSR count). The molecule has 0 unspecified atom stereocenters. The lowest BCUT2D eigenvalue weighted by atomic mass is 9.94. The van der Waals surface area contributed by atoms with Gasteiger partial charge < -0.3 is 9.29 Å². The molecule has 6 nitrogen and oxygen atoms in total. The lowest BCUT2D eigenvalue weighted by molar-refractivity contribution is -0.140. The maximum atomic E-state index is 11.2. The average Bonchev–Trinajstić information content (AvgIpc) is 3.08. The predicted octanol–water partition coefficient (Wildman–Crippen LogP) is 0.530. The summed E-state index contributed by atoms with van der Waals surface area (Å²) in [6.45, 7) is 0.126. The third-order valence-electron chi connectivity index (χ3n) is 3.41. The largest absolute Gasteiger partial charge is 0.481 e. The standard InChI is InChI=1S/C11H11NO5S/c13-10(14)11(3-4-11)8-1-2-9-7(5-8)6-12-18(15,16)17-9/h1-2,5,12H,3-4,6H2,(H,13,14). The first-order valence-electron chi connectivity index (χ1n) is 5.49. The number of hydrogen-bond acceptors (Lipinski definition) is 4. The number of carboxylic acids is 1. The van der Waals surface area contributed by atoms with Crippen molar-refractivity contribution in [2.75, 3.05) is 0 Å². The van der Waals surface area contributed by atoms with Crippen molar-refractivity contribution in [1.29, 1.82) is 0 Å². The van der Waals surface area contributed by atoms with Crippen LogP contribution in [0.5, 0.6) is 5.75 Å². The van der Waals surface area contributed by atoms with E-state index in [-0.39, 0.29) is 12.3 Å². The minimum Gasteiger partial charge on any atom is -0.481 e. The Bertz CT molecular complexity index is 633. The molecule has 0 bridgehead atoms. The van der Waals surface area contributed by atoms with E-state index in [0.717, 1.165) is 0 Å². The van der Waals surface area contributed by atoms with Gasteiger partial charge in [0.2, 0.25) is 0 Å². The number of nitrogens with one attached hydrogen (secondary N) is 1. The minimum absolute atomic E-state index is 0.126. The molecule has 0 radical (unpaired) electrons. The normalized spacial score (nSPS) is 22.7. The van der Waals surface area contributed by atoms with E-state index in [2.05, 4.69) is 4.72 Å². The van der Waals surface area contributed by atoms with Gasteiger partial charge in [-0.3, -0.25) is 4.79 Å². The van der Waals surface area contributed by atoms with Crippen LogP contribution in [0.4, 0.5) is 0 Å². The highest BCUT2D eigenvalue weighted by Gasteiger charge is 2.52. The van der Waals surface area contributed by atoms with Crippen LogP contribution in [0, 0.1) is 0 Å². The summed E-state index contributed by atoms with van der Waals surface area (Å²) < 4.78 is 29.4. The molecular weight excluding hydrogens is 258 g/mol. The van der Waals surface area contributed by atoms with Crippen LogP contribution >= 0.6 is 0 Å². The number of carbonyl (C=O) groups is 1. The van der Waals surface area contributed by atoms with Crippen LogP contribution in [0.25, 0.3) is 0 Å². The van der Waals surface area contributed by atoms with Crippen LogP contribution in [0.15, 0.2) is 18.2 Å². The number of benzene rings is 1. The van der Waals surface area contributed by atoms with Crippen molar-refractivity contribution in [3.8, 4) is 5.75 Å². The monoisotopic (exact) mass is 269 g/mol. The third kappa shape index (κ3) is 1.67. The van der Waals surface area contributed by atoms with Gasteiger partial charge in [0.15, 0.2) is 0 Å². The van der Waals surface area contributed by atoms with Gasteiger partial charge in [0.25, 0.3) is 0 Å². The SMILES string of the molecule is O=C(O)C1(c2ccc3c(c2)CNS(=O)(=O)O3)CC1. The van der Waals surface area contributed by atoms with Crippen molar-refractivity contribution in [3.63, 3.8) is 0 Å². The van der Waals surface area contributed by atoms with E-state index in [1.807, 2.05) is 0 Å². The fourth-order valence-corrected chi connectivity index (χ4v) is 2.95. The molecule has 0 spiro atoms. The van der Waals surface area contributed by atoms with E-state index in [1.165, 1.54) is 6.07 Å². The summed E-state index contributed by atoms with van der Waals surface area (Å²) in [5.41, 5.74) is 0.582. The third-order valence-corrected chi connectivity index (χ3v) is 4.31. The first-order chi connectivity index (χ1) is 8.43. The number of aliphatic carboxylic acids is 1.